The van der Waals surface area contributed by atoms with Crippen molar-refractivity contribution in [3.05, 3.63) is 34.1 Å². The Morgan fingerprint density at radius 3 is 2.93 bits per heavy atom. The van der Waals surface area contributed by atoms with Crippen LogP contribution in [0.4, 0.5) is 5.69 Å². The average Bonchev–Trinajstić information content (AvgIpc) is 3.27. The van der Waals surface area contributed by atoms with E-state index in [1.54, 1.807) is 18.2 Å². The molecule has 27 heavy (non-hydrogen) atoms. The van der Waals surface area contributed by atoms with E-state index < -0.39 is 0 Å². The summed E-state index contributed by atoms with van der Waals surface area (Å²) in [5.74, 6) is 1.17. The Morgan fingerprint density at radius 2 is 2.22 bits per heavy atom. The molecule has 1 aliphatic heterocycles. The van der Waals surface area contributed by atoms with E-state index in [1.807, 2.05) is 0 Å². The van der Waals surface area contributed by atoms with Gasteiger partial charge in [-0.3, -0.25) is 4.79 Å². The summed E-state index contributed by atoms with van der Waals surface area (Å²) >= 11 is 13.4. The summed E-state index contributed by atoms with van der Waals surface area (Å²) in [6.07, 6.45) is 2.29. The second-order valence-electron chi connectivity index (χ2n) is 6.70. The number of halogens is 2. The van der Waals surface area contributed by atoms with Crippen LogP contribution in [0, 0.1) is 0 Å². The molecular formula is C18H22Cl2N4O2S. The van der Waals surface area contributed by atoms with Crippen molar-refractivity contribution in [3.8, 4) is 0 Å². The van der Waals surface area contributed by atoms with E-state index in [9.17, 15) is 4.79 Å². The number of hydrogen-bond donors (Lipinski definition) is 1. The zero-order valence-electron chi connectivity index (χ0n) is 15.2. The topological polar surface area (TPSA) is 69.0 Å². The van der Waals surface area contributed by atoms with Gasteiger partial charge >= 0.3 is 0 Å². The van der Waals surface area contributed by atoms with Crippen molar-refractivity contribution in [2.24, 2.45) is 0 Å². The molecule has 1 aliphatic rings. The van der Waals surface area contributed by atoms with Gasteiger partial charge in [0, 0.05) is 17.5 Å². The molecule has 0 aliphatic carbocycles. The van der Waals surface area contributed by atoms with Crippen LogP contribution >= 0.6 is 35.0 Å². The minimum atomic E-state index is -0.179. The third-order valence-electron chi connectivity index (χ3n) is 4.21. The van der Waals surface area contributed by atoms with Crippen LogP contribution in [0.15, 0.2) is 23.4 Å². The zero-order valence-corrected chi connectivity index (χ0v) is 17.6. The van der Waals surface area contributed by atoms with E-state index in [4.69, 9.17) is 27.9 Å². The van der Waals surface area contributed by atoms with Crippen LogP contribution in [0.5, 0.6) is 0 Å². The van der Waals surface area contributed by atoms with Crippen molar-refractivity contribution in [1.29, 1.82) is 0 Å². The first-order valence-electron chi connectivity index (χ1n) is 8.86. The number of rotatable bonds is 7. The minimum absolute atomic E-state index is 0.178. The maximum absolute atomic E-state index is 12.3. The Bertz CT molecular complexity index is 807. The van der Waals surface area contributed by atoms with Crippen LogP contribution in [0.1, 0.15) is 38.4 Å². The molecule has 0 radical (unpaired) electrons. The summed E-state index contributed by atoms with van der Waals surface area (Å²) in [5.41, 5.74) is 0.499. The van der Waals surface area contributed by atoms with Gasteiger partial charge in [-0.25, -0.2) is 0 Å². The number of nitrogens with one attached hydrogen (secondary N) is 1. The van der Waals surface area contributed by atoms with Gasteiger partial charge in [-0.1, -0.05) is 48.8 Å². The number of aromatic nitrogens is 3. The van der Waals surface area contributed by atoms with Crippen LogP contribution in [0.25, 0.3) is 0 Å². The Kier molecular flexibility index (Phi) is 7.03. The van der Waals surface area contributed by atoms with Crippen molar-refractivity contribution in [3.63, 3.8) is 0 Å². The lowest BCUT2D eigenvalue weighted by atomic mass is 10.2. The molecule has 2 heterocycles. The number of hydrogen-bond acceptors (Lipinski definition) is 5. The molecule has 1 unspecified atom stereocenters. The molecule has 1 N–H and O–H groups in total. The molecule has 1 aromatic heterocycles. The van der Waals surface area contributed by atoms with Gasteiger partial charge in [0.25, 0.3) is 0 Å². The van der Waals surface area contributed by atoms with E-state index in [0.717, 1.165) is 30.4 Å². The highest BCUT2D eigenvalue weighted by Crippen LogP contribution is 2.27. The fraction of sp³-hybridized carbons (Fsp3) is 0.500. The maximum Gasteiger partial charge on any atom is 0.234 e. The fourth-order valence-corrected chi connectivity index (χ4v) is 4.00. The normalized spacial score (nSPS) is 16.9. The van der Waals surface area contributed by atoms with Crippen molar-refractivity contribution < 1.29 is 9.53 Å². The van der Waals surface area contributed by atoms with E-state index in [2.05, 4.69) is 33.9 Å². The van der Waals surface area contributed by atoms with Gasteiger partial charge in [0.1, 0.15) is 5.82 Å². The molecule has 1 saturated heterocycles. The lowest BCUT2D eigenvalue weighted by Gasteiger charge is -2.16. The number of thioether (sulfide) groups is 1. The fourth-order valence-electron chi connectivity index (χ4n) is 2.91. The predicted molar refractivity (Wildman–Crippen MR) is 109 cm³/mol. The molecule has 146 valence electrons. The van der Waals surface area contributed by atoms with Crippen LogP contribution in [0.3, 0.4) is 0 Å². The van der Waals surface area contributed by atoms with Gasteiger partial charge in [0.2, 0.25) is 5.91 Å². The summed E-state index contributed by atoms with van der Waals surface area (Å²) in [5, 5.41) is 13.1. The SMILES string of the molecule is CC(C)c1nnc(SCC(=O)Nc2cc(Cl)ccc2Cl)n1CC1CCCO1. The van der Waals surface area contributed by atoms with Crippen LogP contribution < -0.4 is 5.32 Å². The van der Waals surface area contributed by atoms with E-state index >= 15 is 0 Å². The summed E-state index contributed by atoms with van der Waals surface area (Å²) < 4.78 is 7.83. The predicted octanol–water partition coefficient (Wildman–Crippen LogP) is 4.62. The highest BCUT2D eigenvalue weighted by atomic mass is 35.5. The summed E-state index contributed by atoms with van der Waals surface area (Å²) in [4.78, 5) is 12.3. The second kappa shape index (κ2) is 9.28. The number of benzene rings is 1. The van der Waals surface area contributed by atoms with Gasteiger partial charge in [0.05, 0.1) is 29.1 Å². The smallest absolute Gasteiger partial charge is 0.234 e. The highest BCUT2D eigenvalue weighted by Gasteiger charge is 2.22. The minimum Gasteiger partial charge on any atom is -0.376 e. The standard InChI is InChI=1S/C18H22Cl2N4O2S/c1-11(2)17-22-23-18(24(17)9-13-4-3-7-26-13)27-10-16(25)21-15-8-12(19)5-6-14(15)20/h5-6,8,11,13H,3-4,7,9-10H2,1-2H3,(H,21,25). The highest BCUT2D eigenvalue weighted by molar-refractivity contribution is 7.99. The van der Waals surface area contributed by atoms with E-state index in [0.29, 0.717) is 22.3 Å². The number of anilines is 1. The van der Waals surface area contributed by atoms with Crippen molar-refractivity contribution in [1.82, 2.24) is 14.8 Å². The van der Waals surface area contributed by atoms with Crippen molar-refractivity contribution in [2.45, 2.75) is 50.4 Å². The average molecular weight is 429 g/mol. The van der Waals surface area contributed by atoms with Crippen molar-refractivity contribution in [2.75, 3.05) is 17.7 Å². The third-order valence-corrected chi connectivity index (χ3v) is 5.74. The largest absolute Gasteiger partial charge is 0.376 e. The molecule has 1 aromatic carbocycles. The summed E-state index contributed by atoms with van der Waals surface area (Å²) in [7, 11) is 0. The van der Waals surface area contributed by atoms with E-state index in [-0.39, 0.29) is 23.7 Å². The van der Waals surface area contributed by atoms with Gasteiger partial charge in [-0.15, -0.1) is 10.2 Å². The number of amides is 1. The van der Waals surface area contributed by atoms with Crippen LogP contribution in [0.2, 0.25) is 10.0 Å². The Morgan fingerprint density at radius 1 is 1.41 bits per heavy atom. The van der Waals surface area contributed by atoms with Gasteiger partial charge in [-0.2, -0.15) is 0 Å². The third kappa shape index (κ3) is 5.38. The summed E-state index contributed by atoms with van der Waals surface area (Å²) in [6, 6.07) is 4.96. The summed E-state index contributed by atoms with van der Waals surface area (Å²) in [6.45, 7) is 5.68. The van der Waals surface area contributed by atoms with Gasteiger partial charge in [0.15, 0.2) is 5.16 Å². The first-order chi connectivity index (χ1) is 12.9. The molecule has 1 fully saturated rings. The number of carbonyl (C=O) groups is 1. The molecule has 1 amide bonds. The van der Waals surface area contributed by atoms with Gasteiger partial charge < -0.3 is 14.6 Å². The first-order valence-corrected chi connectivity index (χ1v) is 10.6. The lowest BCUT2D eigenvalue weighted by molar-refractivity contribution is -0.113. The maximum atomic E-state index is 12.3. The molecule has 0 bridgehead atoms. The molecule has 9 heteroatoms. The molecule has 0 spiro atoms. The number of carbonyl (C=O) groups excluding carboxylic acids is 1. The quantitative estimate of drug-likeness (QED) is 0.651. The lowest BCUT2D eigenvalue weighted by Crippen LogP contribution is -2.19. The van der Waals surface area contributed by atoms with Gasteiger partial charge in [-0.05, 0) is 31.0 Å². The molecule has 6 nitrogen and oxygen atoms in total. The Hall–Kier alpha value is -1.28. The zero-order chi connectivity index (χ0) is 19.4. The molecule has 0 saturated carbocycles. The molecule has 2 aromatic rings. The number of ether oxygens (including phenoxy) is 1. The second-order valence-corrected chi connectivity index (χ2v) is 8.49. The molecular weight excluding hydrogens is 407 g/mol. The molecule has 3 rings (SSSR count). The van der Waals surface area contributed by atoms with Crippen LogP contribution in [-0.2, 0) is 16.1 Å². The monoisotopic (exact) mass is 428 g/mol. The van der Waals surface area contributed by atoms with E-state index in [1.165, 1.54) is 11.8 Å². The number of nitrogens with zero attached hydrogens (tertiary/aromatic N) is 3. The molecule has 1 atom stereocenters. The Balaban J connectivity index is 1.66. The Labute approximate surface area is 173 Å². The first kappa shape index (κ1) is 20.5. The van der Waals surface area contributed by atoms with Crippen molar-refractivity contribution >= 4 is 46.6 Å². The van der Waals surface area contributed by atoms with Crippen LogP contribution in [-0.4, -0.2) is 39.1 Å².